The van der Waals surface area contributed by atoms with E-state index in [2.05, 4.69) is 4.72 Å². The zero-order valence-electron chi connectivity index (χ0n) is 17.2. The molecule has 1 saturated heterocycles. The van der Waals surface area contributed by atoms with Gasteiger partial charge in [0.15, 0.2) is 0 Å². The first kappa shape index (κ1) is 21.2. The molecule has 1 amide bonds. The van der Waals surface area contributed by atoms with Crippen LogP contribution in [0.2, 0.25) is 0 Å². The average Bonchev–Trinajstić information content (AvgIpc) is 2.99. The van der Waals surface area contributed by atoms with E-state index in [1.54, 1.807) is 44.4 Å². The third-order valence-corrected chi connectivity index (χ3v) is 7.00. The van der Waals surface area contributed by atoms with E-state index >= 15 is 0 Å². The largest absolute Gasteiger partial charge is 0.496 e. The van der Waals surface area contributed by atoms with Crippen molar-refractivity contribution < 1.29 is 17.9 Å². The van der Waals surface area contributed by atoms with Crippen molar-refractivity contribution in [1.82, 2.24) is 4.90 Å². The van der Waals surface area contributed by atoms with Gasteiger partial charge in [-0.15, -0.1) is 0 Å². The molecule has 2 aromatic rings. The van der Waals surface area contributed by atoms with Crippen LogP contribution in [0.5, 0.6) is 5.75 Å². The third-order valence-electron chi connectivity index (χ3n) is 5.49. The summed E-state index contributed by atoms with van der Waals surface area (Å²) in [5, 5.41) is 0. The van der Waals surface area contributed by atoms with Crippen molar-refractivity contribution in [2.24, 2.45) is 0 Å². The zero-order valence-corrected chi connectivity index (χ0v) is 18.0. The van der Waals surface area contributed by atoms with Crippen LogP contribution in [0, 0.1) is 13.8 Å². The van der Waals surface area contributed by atoms with Gasteiger partial charge < -0.3 is 9.64 Å². The molecule has 0 unspecified atom stereocenters. The Labute approximate surface area is 172 Å². The highest BCUT2D eigenvalue weighted by Gasteiger charge is 2.24. The number of hydrogen-bond acceptors (Lipinski definition) is 4. The zero-order chi connectivity index (χ0) is 21.0. The Bertz CT molecular complexity index is 994. The Kier molecular flexibility index (Phi) is 6.47. The summed E-state index contributed by atoms with van der Waals surface area (Å²) in [5.41, 5.74) is 2.06. The lowest BCUT2D eigenvalue weighted by Crippen LogP contribution is -2.32. The first-order chi connectivity index (χ1) is 13.8. The minimum atomic E-state index is -3.86. The van der Waals surface area contributed by atoms with E-state index < -0.39 is 10.0 Å². The van der Waals surface area contributed by atoms with Gasteiger partial charge in [0.1, 0.15) is 5.75 Å². The van der Waals surface area contributed by atoms with Crippen LogP contribution in [0.3, 0.4) is 0 Å². The summed E-state index contributed by atoms with van der Waals surface area (Å²) < 4.78 is 34.1. The number of ether oxygens (including phenoxy) is 1. The third kappa shape index (κ3) is 4.56. The van der Waals surface area contributed by atoms with Crippen molar-refractivity contribution in [3.63, 3.8) is 0 Å². The van der Waals surface area contributed by atoms with Crippen LogP contribution in [0.4, 0.5) is 5.69 Å². The number of carbonyl (C=O) groups is 1. The molecule has 1 heterocycles. The molecule has 0 aliphatic carbocycles. The van der Waals surface area contributed by atoms with Crippen LogP contribution in [-0.4, -0.2) is 39.4 Å². The molecule has 0 aromatic heterocycles. The van der Waals surface area contributed by atoms with Gasteiger partial charge in [-0.3, -0.25) is 9.52 Å². The lowest BCUT2D eigenvalue weighted by Gasteiger charge is -2.22. The molecule has 1 aliphatic heterocycles. The number of carbonyl (C=O) groups excluding carboxylic acids is 1. The molecule has 7 heteroatoms. The standard InChI is InChI=1S/C22H28N2O4S/c1-16-17(2)21(13-12-20(16)28-3)29(26,27)23-19-11-7-6-10-18(19)22(25)24-14-8-4-5-9-15-24/h6-7,10-13,23H,4-5,8-9,14-15H2,1-3H3. The Hall–Kier alpha value is -2.54. The van der Waals surface area contributed by atoms with Crippen molar-refractivity contribution >= 4 is 21.6 Å². The second-order valence-corrected chi connectivity index (χ2v) is 9.02. The van der Waals surface area contributed by atoms with Crippen LogP contribution >= 0.6 is 0 Å². The van der Waals surface area contributed by atoms with Gasteiger partial charge in [-0.25, -0.2) is 8.42 Å². The molecule has 1 fully saturated rings. The van der Waals surface area contributed by atoms with E-state index in [1.165, 1.54) is 6.07 Å². The molecule has 3 rings (SSSR count). The van der Waals surface area contributed by atoms with Crippen LogP contribution in [0.25, 0.3) is 0 Å². The van der Waals surface area contributed by atoms with Gasteiger partial charge in [-0.2, -0.15) is 0 Å². The summed E-state index contributed by atoms with van der Waals surface area (Å²) in [5.74, 6) is 0.506. The van der Waals surface area contributed by atoms with Gasteiger partial charge in [-0.05, 0) is 62.1 Å². The highest BCUT2D eigenvalue weighted by molar-refractivity contribution is 7.92. The second-order valence-electron chi connectivity index (χ2n) is 7.37. The SMILES string of the molecule is COc1ccc(S(=O)(=O)Nc2ccccc2C(=O)N2CCCCCC2)c(C)c1C. The molecule has 0 spiro atoms. The van der Waals surface area contributed by atoms with E-state index in [1.807, 2.05) is 11.8 Å². The number of likely N-dealkylation sites (tertiary alicyclic amines) is 1. The van der Waals surface area contributed by atoms with Crippen LogP contribution in [-0.2, 0) is 10.0 Å². The van der Waals surface area contributed by atoms with Crippen molar-refractivity contribution in [3.05, 3.63) is 53.1 Å². The quantitative estimate of drug-likeness (QED) is 0.795. The summed E-state index contributed by atoms with van der Waals surface area (Å²) in [4.78, 5) is 15.1. The molecule has 29 heavy (non-hydrogen) atoms. The monoisotopic (exact) mass is 416 g/mol. The number of nitrogens with one attached hydrogen (secondary N) is 1. The van der Waals surface area contributed by atoms with Crippen LogP contribution in [0.1, 0.15) is 47.2 Å². The molecule has 1 aliphatic rings. The smallest absolute Gasteiger partial charge is 0.262 e. The Balaban J connectivity index is 1.93. The number of rotatable bonds is 5. The molecule has 0 bridgehead atoms. The predicted molar refractivity (Wildman–Crippen MR) is 114 cm³/mol. The number of benzene rings is 2. The minimum Gasteiger partial charge on any atom is -0.496 e. The minimum absolute atomic E-state index is 0.132. The number of methoxy groups -OCH3 is 1. The normalized spacial score (nSPS) is 14.9. The molecule has 0 atom stereocenters. The first-order valence-corrected chi connectivity index (χ1v) is 11.4. The van der Waals surface area contributed by atoms with Gasteiger partial charge in [0.2, 0.25) is 0 Å². The fourth-order valence-electron chi connectivity index (χ4n) is 3.69. The molecule has 2 aromatic carbocycles. The van der Waals surface area contributed by atoms with Crippen molar-refractivity contribution in [1.29, 1.82) is 0 Å². The van der Waals surface area contributed by atoms with E-state index in [0.717, 1.165) is 31.2 Å². The number of amides is 1. The summed E-state index contributed by atoms with van der Waals surface area (Å²) in [6.07, 6.45) is 4.19. The van der Waals surface area contributed by atoms with Crippen molar-refractivity contribution in [2.75, 3.05) is 24.9 Å². The summed E-state index contributed by atoms with van der Waals surface area (Å²) in [7, 11) is -2.31. The Morgan fingerprint density at radius 1 is 0.966 bits per heavy atom. The highest BCUT2D eigenvalue weighted by Crippen LogP contribution is 2.29. The first-order valence-electron chi connectivity index (χ1n) is 9.90. The van der Waals surface area contributed by atoms with E-state index in [4.69, 9.17) is 4.74 Å². The summed E-state index contributed by atoms with van der Waals surface area (Å²) in [6.45, 7) is 4.98. The highest BCUT2D eigenvalue weighted by atomic mass is 32.2. The summed E-state index contributed by atoms with van der Waals surface area (Å²) in [6, 6.07) is 9.97. The molecule has 0 saturated carbocycles. The fraction of sp³-hybridized carbons (Fsp3) is 0.409. The lowest BCUT2D eigenvalue weighted by molar-refractivity contribution is 0.0762. The summed E-state index contributed by atoms with van der Waals surface area (Å²) >= 11 is 0. The molecule has 0 radical (unpaired) electrons. The van der Waals surface area contributed by atoms with Crippen LogP contribution in [0.15, 0.2) is 41.3 Å². The fourth-order valence-corrected chi connectivity index (χ4v) is 5.07. The van der Waals surface area contributed by atoms with Gasteiger partial charge >= 0.3 is 0 Å². The number of para-hydroxylation sites is 1. The van der Waals surface area contributed by atoms with E-state index in [0.29, 0.717) is 35.7 Å². The second kappa shape index (κ2) is 8.86. The predicted octanol–water partition coefficient (Wildman–Crippen LogP) is 4.13. The van der Waals surface area contributed by atoms with Gasteiger partial charge in [-0.1, -0.05) is 25.0 Å². The van der Waals surface area contributed by atoms with Gasteiger partial charge in [0.25, 0.3) is 15.9 Å². The maximum absolute atomic E-state index is 13.1. The lowest BCUT2D eigenvalue weighted by atomic mass is 10.1. The van der Waals surface area contributed by atoms with Crippen LogP contribution < -0.4 is 9.46 Å². The Morgan fingerprint density at radius 3 is 2.28 bits per heavy atom. The maximum Gasteiger partial charge on any atom is 0.262 e. The Morgan fingerprint density at radius 2 is 1.62 bits per heavy atom. The number of hydrogen-bond donors (Lipinski definition) is 1. The molecular weight excluding hydrogens is 388 g/mol. The average molecular weight is 417 g/mol. The maximum atomic E-state index is 13.1. The topological polar surface area (TPSA) is 75.7 Å². The van der Waals surface area contributed by atoms with Crippen molar-refractivity contribution in [2.45, 2.75) is 44.4 Å². The number of nitrogens with zero attached hydrogens (tertiary/aromatic N) is 1. The van der Waals surface area contributed by atoms with Gasteiger partial charge in [0, 0.05) is 13.1 Å². The molecule has 6 nitrogen and oxygen atoms in total. The van der Waals surface area contributed by atoms with E-state index in [-0.39, 0.29) is 10.8 Å². The van der Waals surface area contributed by atoms with Crippen molar-refractivity contribution in [3.8, 4) is 5.75 Å². The van der Waals surface area contributed by atoms with Gasteiger partial charge in [0.05, 0.1) is 23.3 Å². The number of sulfonamides is 1. The number of anilines is 1. The molecule has 1 N–H and O–H groups in total. The van der Waals surface area contributed by atoms with E-state index in [9.17, 15) is 13.2 Å². The molecule has 156 valence electrons. The molecular formula is C22H28N2O4S.